The van der Waals surface area contributed by atoms with E-state index in [9.17, 15) is 4.79 Å². The van der Waals surface area contributed by atoms with Gasteiger partial charge in [0.1, 0.15) is 6.10 Å². The van der Waals surface area contributed by atoms with Gasteiger partial charge in [-0.1, -0.05) is 25.7 Å². The molecule has 0 spiro atoms. The molecule has 1 saturated heterocycles. The molecule has 2 rings (SSSR count). The fraction of sp³-hybridized carbons (Fsp3) is 0.615. The Balaban J connectivity index is 2.01. The van der Waals surface area contributed by atoms with Crippen LogP contribution in [0.25, 0.3) is 0 Å². The highest BCUT2D eigenvalue weighted by molar-refractivity contribution is 5.78. The second kappa shape index (κ2) is 3.84. The van der Waals surface area contributed by atoms with Gasteiger partial charge in [0, 0.05) is 5.92 Å². The summed E-state index contributed by atoms with van der Waals surface area (Å²) in [4.78, 5) is 11.0. The second-order valence-corrected chi connectivity index (χ2v) is 4.73. The highest BCUT2D eigenvalue weighted by Gasteiger charge is 2.44. The Hall–Kier alpha value is -1.05. The normalized spacial score (nSPS) is 40.1. The van der Waals surface area contributed by atoms with E-state index < -0.39 is 0 Å². The minimum absolute atomic E-state index is 0.0360. The fourth-order valence-electron chi connectivity index (χ4n) is 2.64. The van der Waals surface area contributed by atoms with Crippen molar-refractivity contribution >= 4 is 5.97 Å². The molecule has 1 fully saturated rings. The van der Waals surface area contributed by atoms with Crippen LogP contribution in [0.1, 0.15) is 26.7 Å². The van der Waals surface area contributed by atoms with E-state index in [4.69, 9.17) is 4.74 Å². The van der Waals surface area contributed by atoms with Gasteiger partial charge < -0.3 is 4.74 Å². The summed E-state index contributed by atoms with van der Waals surface area (Å²) in [5.74, 6) is 1.12. The molecule has 0 aromatic heterocycles. The number of ether oxygens (including phenoxy) is 1. The number of esters is 1. The number of hydrogen-bond acceptors (Lipinski definition) is 2. The molecular weight excluding hydrogens is 188 g/mol. The molecule has 0 radical (unpaired) electrons. The first-order chi connectivity index (χ1) is 7.13. The minimum Gasteiger partial charge on any atom is -0.461 e. The lowest BCUT2D eigenvalue weighted by Gasteiger charge is -2.40. The van der Waals surface area contributed by atoms with Crippen LogP contribution in [0.3, 0.4) is 0 Å². The number of rotatable bonds is 2. The van der Waals surface area contributed by atoms with Crippen LogP contribution in [0.5, 0.6) is 0 Å². The zero-order chi connectivity index (χ0) is 11.0. The molecule has 2 aliphatic rings. The Morgan fingerprint density at radius 3 is 2.73 bits per heavy atom. The van der Waals surface area contributed by atoms with Crippen LogP contribution < -0.4 is 0 Å². The molecule has 0 amide bonds. The van der Waals surface area contributed by atoms with Crippen LogP contribution in [0, 0.1) is 17.8 Å². The molecule has 1 aliphatic heterocycles. The summed E-state index contributed by atoms with van der Waals surface area (Å²) in [6.45, 7) is 7.99. The highest BCUT2D eigenvalue weighted by atomic mass is 16.6. The van der Waals surface area contributed by atoms with E-state index in [2.05, 4.69) is 19.6 Å². The van der Waals surface area contributed by atoms with Gasteiger partial charge in [-0.25, -0.2) is 0 Å². The van der Waals surface area contributed by atoms with Crippen molar-refractivity contribution in [2.45, 2.75) is 32.8 Å². The summed E-state index contributed by atoms with van der Waals surface area (Å²) in [5.41, 5.74) is 1.34. The van der Waals surface area contributed by atoms with Gasteiger partial charge in [-0.2, -0.15) is 0 Å². The van der Waals surface area contributed by atoms with Crippen molar-refractivity contribution in [1.29, 1.82) is 0 Å². The Bertz CT molecular complexity index is 316. The lowest BCUT2D eigenvalue weighted by atomic mass is 9.75. The third-order valence-electron chi connectivity index (χ3n) is 3.70. The minimum atomic E-state index is -0.0360. The first-order valence-corrected chi connectivity index (χ1v) is 5.66. The maximum atomic E-state index is 11.0. The van der Waals surface area contributed by atoms with E-state index >= 15 is 0 Å². The zero-order valence-corrected chi connectivity index (χ0v) is 9.40. The summed E-state index contributed by atoms with van der Waals surface area (Å²) in [6.07, 6.45) is 6.47. The largest absolute Gasteiger partial charge is 0.461 e. The summed E-state index contributed by atoms with van der Waals surface area (Å²) in [5, 5.41) is 0. The molecule has 0 saturated carbocycles. The molecule has 15 heavy (non-hydrogen) atoms. The van der Waals surface area contributed by atoms with Crippen molar-refractivity contribution in [2.24, 2.45) is 17.8 Å². The topological polar surface area (TPSA) is 26.3 Å². The van der Waals surface area contributed by atoms with Gasteiger partial charge in [-0.15, -0.1) is 0 Å². The Kier molecular flexibility index (Phi) is 2.68. The van der Waals surface area contributed by atoms with Crippen molar-refractivity contribution in [3.8, 4) is 0 Å². The van der Waals surface area contributed by atoms with Gasteiger partial charge in [-0.3, -0.25) is 4.79 Å². The van der Waals surface area contributed by atoms with E-state index in [1.54, 1.807) is 0 Å². The first kappa shape index (κ1) is 10.5. The molecular formula is C13H18O2. The van der Waals surface area contributed by atoms with E-state index in [0.717, 1.165) is 12.8 Å². The van der Waals surface area contributed by atoms with Crippen LogP contribution in [-0.4, -0.2) is 12.1 Å². The van der Waals surface area contributed by atoms with E-state index in [0.29, 0.717) is 11.8 Å². The van der Waals surface area contributed by atoms with Crippen LogP contribution in [0.2, 0.25) is 0 Å². The van der Waals surface area contributed by atoms with Crippen molar-refractivity contribution in [3.63, 3.8) is 0 Å². The van der Waals surface area contributed by atoms with Crippen molar-refractivity contribution in [2.75, 3.05) is 0 Å². The van der Waals surface area contributed by atoms with Gasteiger partial charge in [0.15, 0.2) is 0 Å². The first-order valence-electron chi connectivity index (χ1n) is 5.66. The van der Waals surface area contributed by atoms with Crippen LogP contribution in [0.4, 0.5) is 0 Å². The Labute approximate surface area is 91.0 Å². The summed E-state index contributed by atoms with van der Waals surface area (Å²) < 4.78 is 5.21. The predicted octanol–water partition coefficient (Wildman–Crippen LogP) is 2.71. The van der Waals surface area contributed by atoms with Crippen molar-refractivity contribution in [1.82, 2.24) is 0 Å². The molecule has 2 heteroatoms. The average Bonchev–Trinajstić information content (AvgIpc) is 2.25. The van der Waals surface area contributed by atoms with E-state index in [-0.39, 0.29) is 18.0 Å². The SMILES string of the molecule is C=CC1=CC[C@@H](C2OC(=O)C2C)C[C@@H]1C. The number of carbonyl (C=O) groups excluding carboxylic acids is 1. The molecule has 0 aromatic rings. The molecule has 1 aliphatic carbocycles. The third kappa shape index (κ3) is 1.73. The molecule has 2 nitrogen and oxygen atoms in total. The lowest BCUT2D eigenvalue weighted by Crippen LogP contribution is -2.48. The highest BCUT2D eigenvalue weighted by Crippen LogP contribution is 2.38. The maximum Gasteiger partial charge on any atom is 0.312 e. The lowest BCUT2D eigenvalue weighted by molar-refractivity contribution is -0.190. The van der Waals surface area contributed by atoms with Gasteiger partial charge in [0.05, 0.1) is 5.92 Å². The molecule has 4 atom stereocenters. The summed E-state index contributed by atoms with van der Waals surface area (Å²) in [6, 6.07) is 0. The third-order valence-corrected chi connectivity index (χ3v) is 3.70. The van der Waals surface area contributed by atoms with Crippen LogP contribution in [0.15, 0.2) is 24.3 Å². The summed E-state index contributed by atoms with van der Waals surface area (Å²) >= 11 is 0. The van der Waals surface area contributed by atoms with Crippen LogP contribution in [-0.2, 0) is 9.53 Å². The standard InChI is InChI=1S/C13H18O2/c1-4-10-5-6-11(7-8(10)2)12-9(3)13(14)15-12/h4-5,8-9,11-12H,1,6-7H2,2-3H3/t8-,9?,11+,12?/m0/s1. The molecule has 82 valence electrons. The van der Waals surface area contributed by atoms with Gasteiger partial charge in [0.2, 0.25) is 0 Å². The Morgan fingerprint density at radius 2 is 2.27 bits per heavy atom. The van der Waals surface area contributed by atoms with Gasteiger partial charge in [0.25, 0.3) is 0 Å². The van der Waals surface area contributed by atoms with Crippen LogP contribution >= 0.6 is 0 Å². The fourth-order valence-corrected chi connectivity index (χ4v) is 2.64. The monoisotopic (exact) mass is 206 g/mol. The number of allylic oxidation sites excluding steroid dienone is 3. The zero-order valence-electron chi connectivity index (χ0n) is 9.40. The smallest absolute Gasteiger partial charge is 0.312 e. The molecule has 2 unspecified atom stereocenters. The molecule has 0 aromatic carbocycles. The van der Waals surface area contributed by atoms with Gasteiger partial charge in [-0.05, 0) is 31.3 Å². The number of carbonyl (C=O) groups is 1. The number of cyclic esters (lactones) is 1. The average molecular weight is 206 g/mol. The second-order valence-electron chi connectivity index (χ2n) is 4.73. The van der Waals surface area contributed by atoms with E-state index in [1.807, 2.05) is 13.0 Å². The van der Waals surface area contributed by atoms with E-state index in [1.165, 1.54) is 5.57 Å². The van der Waals surface area contributed by atoms with Gasteiger partial charge >= 0.3 is 5.97 Å². The molecule has 1 heterocycles. The molecule has 0 bridgehead atoms. The van der Waals surface area contributed by atoms with Crippen molar-refractivity contribution < 1.29 is 9.53 Å². The Morgan fingerprint density at radius 1 is 1.53 bits per heavy atom. The summed E-state index contributed by atoms with van der Waals surface area (Å²) in [7, 11) is 0. The van der Waals surface area contributed by atoms with Crippen molar-refractivity contribution in [3.05, 3.63) is 24.3 Å². The maximum absolute atomic E-state index is 11.0. The number of hydrogen-bond donors (Lipinski definition) is 0. The quantitative estimate of drug-likeness (QED) is 0.649. The predicted molar refractivity (Wildman–Crippen MR) is 59.2 cm³/mol. The molecule has 0 N–H and O–H groups in total.